The molecule has 0 bridgehead atoms. The number of amides is 5. The molecule has 0 saturated carbocycles. The van der Waals surface area contributed by atoms with E-state index in [0.29, 0.717) is 12.2 Å². The first kappa shape index (κ1) is 31.0. The summed E-state index contributed by atoms with van der Waals surface area (Å²) in [7, 11) is 0. The van der Waals surface area contributed by atoms with E-state index < -0.39 is 42.2 Å². The average molecular weight is 621 g/mol. The molecule has 3 aromatic rings. The second-order valence-corrected chi connectivity index (χ2v) is 10.2. The maximum absolute atomic E-state index is 13.2. The fourth-order valence-electron chi connectivity index (χ4n) is 4.76. The van der Waals surface area contributed by atoms with Crippen LogP contribution in [0.15, 0.2) is 76.7 Å². The summed E-state index contributed by atoms with van der Waals surface area (Å²) in [5, 5.41) is 4.86. The molecule has 0 radical (unpaired) electrons. The van der Waals surface area contributed by atoms with Crippen molar-refractivity contribution in [3.05, 3.63) is 94.5 Å². The number of hydrogen-bond donors (Lipinski definition) is 5. The van der Waals surface area contributed by atoms with E-state index in [-0.39, 0.29) is 41.6 Å². The predicted octanol–water partition coefficient (Wildman–Crippen LogP) is 0.593. The first-order valence-electron chi connectivity index (χ1n) is 14.0. The van der Waals surface area contributed by atoms with Gasteiger partial charge in [-0.05, 0) is 60.5 Å². The van der Waals surface area contributed by atoms with Crippen molar-refractivity contribution in [2.45, 2.75) is 25.4 Å². The lowest BCUT2D eigenvalue weighted by atomic mass is 10.0. The number of fused-ring (bicyclic) bond motifs is 1. The van der Waals surface area contributed by atoms with Crippen molar-refractivity contribution in [1.82, 2.24) is 10.2 Å². The highest BCUT2D eigenvalue weighted by Crippen LogP contribution is 2.33. The first-order chi connectivity index (χ1) is 22.1. The fourth-order valence-corrected chi connectivity index (χ4v) is 4.76. The molecule has 232 valence electrons. The Balaban J connectivity index is 1.15. The number of ether oxygens (including phenoxy) is 1. The number of nitrogens with one attached hydrogen (secondary N) is 2. The van der Waals surface area contributed by atoms with Gasteiger partial charge in [-0.2, -0.15) is 4.99 Å². The summed E-state index contributed by atoms with van der Waals surface area (Å²) in [6.45, 7) is -0.136. The molecule has 2 aliphatic heterocycles. The number of carbonyl (C=O) groups is 5. The average Bonchev–Trinajstić information content (AvgIpc) is 3.28. The van der Waals surface area contributed by atoms with Crippen LogP contribution < -0.4 is 32.6 Å². The number of hydrogen-bond acceptors (Lipinski definition) is 7. The molecule has 14 heteroatoms. The van der Waals surface area contributed by atoms with E-state index in [0.717, 1.165) is 21.6 Å². The number of benzene rings is 3. The summed E-state index contributed by atoms with van der Waals surface area (Å²) in [5.41, 5.74) is 19.1. The van der Waals surface area contributed by atoms with Crippen molar-refractivity contribution >= 4 is 47.1 Å². The molecule has 5 rings (SSSR count). The number of nitrogens with two attached hydrogens (primary N) is 3. The van der Waals surface area contributed by atoms with E-state index in [9.17, 15) is 24.0 Å². The van der Waals surface area contributed by atoms with Crippen molar-refractivity contribution in [1.29, 1.82) is 0 Å². The molecular weight excluding hydrogens is 592 g/mol. The highest BCUT2D eigenvalue weighted by molar-refractivity contribution is 6.24. The topological polar surface area (TPSA) is 225 Å². The van der Waals surface area contributed by atoms with Gasteiger partial charge in [-0.1, -0.05) is 30.0 Å². The minimum Gasteiger partial charge on any atom is -0.483 e. The number of aliphatic imine (C=N–C) groups is 2. The molecule has 1 saturated heterocycles. The lowest BCUT2D eigenvalue weighted by molar-refractivity contribution is -0.136. The maximum atomic E-state index is 13.2. The zero-order valence-electron chi connectivity index (χ0n) is 24.3. The van der Waals surface area contributed by atoms with Gasteiger partial charge in [0.25, 0.3) is 17.7 Å². The van der Waals surface area contributed by atoms with E-state index in [4.69, 9.17) is 21.9 Å². The fraction of sp³-hybridized carbons (Fsp3) is 0.156. The van der Waals surface area contributed by atoms with Gasteiger partial charge in [0, 0.05) is 23.2 Å². The normalized spacial score (nSPS) is 15.8. The van der Waals surface area contributed by atoms with Crippen molar-refractivity contribution in [2.75, 3.05) is 11.9 Å². The van der Waals surface area contributed by atoms with E-state index in [2.05, 4.69) is 32.5 Å². The number of carbonyl (C=O) groups excluding carboxylic acids is 5. The number of imide groups is 2. The summed E-state index contributed by atoms with van der Waals surface area (Å²) >= 11 is 0. The third-order valence-electron chi connectivity index (χ3n) is 6.93. The number of piperidine rings is 1. The minimum atomic E-state index is -1.11. The van der Waals surface area contributed by atoms with Gasteiger partial charge in [0.15, 0.2) is 12.6 Å². The van der Waals surface area contributed by atoms with Crippen LogP contribution >= 0.6 is 0 Å². The first-order valence-corrected chi connectivity index (χ1v) is 14.0. The zero-order valence-corrected chi connectivity index (χ0v) is 24.3. The molecule has 1 atom stereocenters. The quantitative estimate of drug-likeness (QED) is 0.108. The van der Waals surface area contributed by atoms with Crippen molar-refractivity contribution in [3.8, 4) is 17.6 Å². The van der Waals surface area contributed by atoms with Gasteiger partial charge in [0.1, 0.15) is 11.8 Å². The molecule has 2 heterocycles. The van der Waals surface area contributed by atoms with Gasteiger partial charge in [-0.15, -0.1) is 0 Å². The van der Waals surface area contributed by atoms with E-state index in [1.165, 1.54) is 18.2 Å². The van der Waals surface area contributed by atoms with Crippen LogP contribution in [0.2, 0.25) is 0 Å². The highest BCUT2D eigenvalue weighted by atomic mass is 16.5. The third kappa shape index (κ3) is 7.17. The summed E-state index contributed by atoms with van der Waals surface area (Å²) < 4.78 is 5.63. The molecule has 8 N–H and O–H groups in total. The minimum absolute atomic E-state index is 0.00587. The van der Waals surface area contributed by atoms with E-state index >= 15 is 0 Å². The standard InChI is InChI=1S/C32H28N8O6/c33-31(34)39-32(35)36-16-20-8-6-18(7-9-20)4-5-19-10-12-21(13-11-19)37-26(42)17-46-24-3-1-2-22-27(24)30(45)40(29(22)44)23-14-15-25(41)38-28(23)43/h1-3,6-13,23H,14-17H2,(H,37,42)(H,38,41,43)(H6,33,34,35,36,39). The van der Waals surface area contributed by atoms with E-state index in [1.54, 1.807) is 24.3 Å². The molecular formula is C32H28N8O6. The Bertz CT molecular complexity index is 1850. The van der Waals surface area contributed by atoms with Crippen LogP contribution in [0.4, 0.5) is 5.69 Å². The number of anilines is 1. The summed E-state index contributed by atoms with van der Waals surface area (Å²) in [5.74, 6) is 2.91. The Hall–Kier alpha value is -6.49. The lowest BCUT2D eigenvalue weighted by Crippen LogP contribution is -2.54. The van der Waals surface area contributed by atoms with Crippen LogP contribution in [0.3, 0.4) is 0 Å². The van der Waals surface area contributed by atoms with E-state index in [1.807, 2.05) is 24.3 Å². The van der Waals surface area contributed by atoms with Gasteiger partial charge in [0.2, 0.25) is 17.8 Å². The number of nitrogens with zero attached hydrogens (tertiary/aromatic N) is 3. The molecule has 46 heavy (non-hydrogen) atoms. The predicted molar refractivity (Wildman–Crippen MR) is 167 cm³/mol. The Morgan fingerprint density at radius 3 is 2.26 bits per heavy atom. The Labute approximate surface area is 262 Å². The smallest absolute Gasteiger partial charge is 0.266 e. The van der Waals surface area contributed by atoms with Gasteiger partial charge < -0.3 is 27.3 Å². The third-order valence-corrected chi connectivity index (χ3v) is 6.93. The summed E-state index contributed by atoms with van der Waals surface area (Å²) in [6, 6.07) is 17.6. The van der Waals surface area contributed by atoms with Gasteiger partial charge >= 0.3 is 0 Å². The molecule has 2 aliphatic rings. The molecule has 14 nitrogen and oxygen atoms in total. The van der Waals surface area contributed by atoms with Crippen LogP contribution in [0.25, 0.3) is 0 Å². The van der Waals surface area contributed by atoms with Gasteiger partial charge in [-0.3, -0.25) is 34.2 Å². The molecule has 1 fully saturated rings. The van der Waals surface area contributed by atoms with Gasteiger partial charge in [-0.25, -0.2) is 4.99 Å². The number of guanidine groups is 2. The molecule has 0 spiro atoms. The van der Waals surface area contributed by atoms with Crippen molar-refractivity contribution in [2.24, 2.45) is 27.2 Å². The van der Waals surface area contributed by atoms with Crippen LogP contribution in [-0.4, -0.2) is 59.0 Å². The SMILES string of the molecule is NC(N)=NC(N)=NCc1ccc(C#Cc2ccc(NC(=O)COc3cccc4c3C(=O)N(C3CCC(=O)NC3=O)C4=O)cc2)cc1. The van der Waals surface area contributed by atoms with Gasteiger partial charge in [0.05, 0.1) is 17.7 Å². The second kappa shape index (κ2) is 13.4. The second-order valence-electron chi connectivity index (χ2n) is 10.2. The highest BCUT2D eigenvalue weighted by Gasteiger charge is 2.46. The molecule has 5 amide bonds. The summed E-state index contributed by atoms with van der Waals surface area (Å²) in [6.07, 6.45) is 0.0357. The van der Waals surface area contributed by atoms with Crippen LogP contribution in [0.1, 0.15) is 50.2 Å². The molecule has 0 aromatic heterocycles. The Morgan fingerprint density at radius 1 is 0.935 bits per heavy atom. The molecule has 0 aliphatic carbocycles. The Morgan fingerprint density at radius 2 is 1.61 bits per heavy atom. The zero-order chi connectivity index (χ0) is 32.8. The van der Waals surface area contributed by atoms with Crippen LogP contribution in [0, 0.1) is 11.8 Å². The lowest BCUT2D eigenvalue weighted by Gasteiger charge is -2.27. The van der Waals surface area contributed by atoms with Crippen molar-refractivity contribution in [3.63, 3.8) is 0 Å². The van der Waals surface area contributed by atoms with Crippen LogP contribution in [-0.2, 0) is 20.9 Å². The maximum Gasteiger partial charge on any atom is 0.266 e. The largest absolute Gasteiger partial charge is 0.483 e. The molecule has 3 aromatic carbocycles. The van der Waals surface area contributed by atoms with Crippen LogP contribution in [0.5, 0.6) is 5.75 Å². The van der Waals surface area contributed by atoms with Crippen molar-refractivity contribution < 1.29 is 28.7 Å². The number of rotatable bonds is 7. The molecule has 1 unspecified atom stereocenters. The monoisotopic (exact) mass is 620 g/mol. The summed E-state index contributed by atoms with van der Waals surface area (Å²) in [4.78, 5) is 71.2. The Kier molecular flexibility index (Phi) is 9.04.